The maximum absolute atomic E-state index is 11.5. The second kappa shape index (κ2) is 5.04. The van der Waals surface area contributed by atoms with Gasteiger partial charge in [-0.15, -0.1) is 0 Å². The van der Waals surface area contributed by atoms with Gasteiger partial charge in [0, 0.05) is 18.1 Å². The van der Waals surface area contributed by atoms with E-state index in [9.17, 15) is 4.79 Å². The van der Waals surface area contributed by atoms with Crippen molar-refractivity contribution in [3.8, 4) is 0 Å². The maximum atomic E-state index is 11.5. The van der Waals surface area contributed by atoms with Crippen LogP contribution in [0.3, 0.4) is 0 Å². The first-order chi connectivity index (χ1) is 7.74. The highest BCUT2D eigenvalue weighted by Gasteiger charge is 2.05. The molecule has 2 heterocycles. The van der Waals surface area contributed by atoms with E-state index in [-0.39, 0.29) is 6.03 Å². The molecule has 16 heavy (non-hydrogen) atoms. The molecule has 0 fully saturated rings. The van der Waals surface area contributed by atoms with Gasteiger partial charge in [0.1, 0.15) is 0 Å². The lowest BCUT2D eigenvalue weighted by molar-refractivity contribution is 0.262. The summed E-state index contributed by atoms with van der Waals surface area (Å²) in [6, 6.07) is 3.09. The molecule has 0 aliphatic rings. The summed E-state index contributed by atoms with van der Waals surface area (Å²) in [5.41, 5.74) is 0.683. The molecule has 0 spiro atoms. The number of aromatic nitrogens is 2. The average molecular weight is 299 g/mol. The van der Waals surface area contributed by atoms with Crippen LogP contribution >= 0.6 is 27.3 Å². The van der Waals surface area contributed by atoms with Gasteiger partial charge in [-0.3, -0.25) is 10.3 Å². The van der Waals surface area contributed by atoms with Gasteiger partial charge in [0.15, 0.2) is 5.13 Å². The monoisotopic (exact) mass is 298 g/mol. The molecule has 5 nitrogen and oxygen atoms in total. The number of urea groups is 1. The van der Waals surface area contributed by atoms with Crippen LogP contribution in [0.4, 0.5) is 15.6 Å². The third-order valence-corrected chi connectivity index (χ3v) is 3.03. The predicted molar refractivity (Wildman–Crippen MR) is 66.7 cm³/mol. The van der Waals surface area contributed by atoms with Gasteiger partial charge in [-0.05, 0) is 28.1 Å². The normalized spacial score (nSPS) is 9.81. The summed E-state index contributed by atoms with van der Waals surface area (Å²) in [4.78, 5) is 19.3. The topological polar surface area (TPSA) is 66.9 Å². The second-order valence-electron chi connectivity index (χ2n) is 2.78. The van der Waals surface area contributed by atoms with Crippen LogP contribution in [0.25, 0.3) is 0 Å². The van der Waals surface area contributed by atoms with Crippen LogP contribution in [-0.4, -0.2) is 16.0 Å². The summed E-state index contributed by atoms with van der Waals surface area (Å²) in [6.45, 7) is 0. The largest absolute Gasteiger partial charge is 0.325 e. The number of nitrogens with zero attached hydrogens (tertiary/aromatic N) is 2. The van der Waals surface area contributed by atoms with Crippen LogP contribution in [0.5, 0.6) is 0 Å². The molecule has 0 radical (unpaired) electrons. The maximum Gasteiger partial charge on any atom is 0.325 e. The van der Waals surface area contributed by atoms with Crippen LogP contribution in [0.15, 0.2) is 34.5 Å². The number of anilines is 2. The van der Waals surface area contributed by atoms with Crippen LogP contribution in [0, 0.1) is 0 Å². The quantitative estimate of drug-likeness (QED) is 0.896. The molecule has 7 heteroatoms. The van der Waals surface area contributed by atoms with Crippen molar-refractivity contribution < 1.29 is 4.79 Å². The summed E-state index contributed by atoms with van der Waals surface area (Å²) >= 11 is 4.61. The van der Waals surface area contributed by atoms with Crippen molar-refractivity contribution >= 4 is 44.1 Å². The second-order valence-corrected chi connectivity index (χ2v) is 5.19. The molecular weight excluding hydrogens is 292 g/mol. The number of nitrogens with one attached hydrogen (secondary N) is 2. The molecule has 0 aromatic carbocycles. The molecule has 0 aliphatic heterocycles. The fourth-order valence-corrected chi connectivity index (χ4v) is 2.11. The number of thiazole rings is 1. The number of halogens is 1. The molecule has 2 aromatic rings. The molecule has 0 saturated carbocycles. The van der Waals surface area contributed by atoms with Crippen molar-refractivity contribution in [2.24, 2.45) is 0 Å². The molecule has 0 aliphatic carbocycles. The Balaban J connectivity index is 1.95. The van der Waals surface area contributed by atoms with Crippen molar-refractivity contribution in [1.29, 1.82) is 0 Å². The van der Waals surface area contributed by atoms with Crippen molar-refractivity contribution in [1.82, 2.24) is 9.97 Å². The first-order valence-corrected chi connectivity index (χ1v) is 5.94. The van der Waals surface area contributed by atoms with E-state index >= 15 is 0 Å². The van der Waals surface area contributed by atoms with E-state index in [1.807, 2.05) is 0 Å². The highest BCUT2D eigenvalue weighted by atomic mass is 79.9. The van der Waals surface area contributed by atoms with E-state index in [4.69, 9.17) is 0 Å². The Labute approximate surface area is 104 Å². The Kier molecular flexibility index (Phi) is 3.47. The highest BCUT2D eigenvalue weighted by Crippen LogP contribution is 2.23. The number of hydrogen-bond acceptors (Lipinski definition) is 4. The van der Waals surface area contributed by atoms with E-state index in [0.717, 1.165) is 3.79 Å². The Bertz CT molecular complexity index is 487. The molecule has 0 saturated heterocycles. The third-order valence-electron chi connectivity index (χ3n) is 1.64. The molecule has 0 bridgehead atoms. The fourth-order valence-electron chi connectivity index (χ4n) is 1.01. The van der Waals surface area contributed by atoms with Gasteiger partial charge in [-0.1, -0.05) is 11.3 Å². The Hall–Kier alpha value is -1.47. The van der Waals surface area contributed by atoms with Crippen LogP contribution in [0.1, 0.15) is 0 Å². The first-order valence-electron chi connectivity index (χ1n) is 4.33. The van der Waals surface area contributed by atoms with E-state index in [2.05, 4.69) is 36.5 Å². The van der Waals surface area contributed by atoms with Gasteiger partial charge in [-0.2, -0.15) is 0 Å². The number of rotatable bonds is 2. The van der Waals surface area contributed by atoms with Gasteiger partial charge < -0.3 is 5.32 Å². The molecule has 2 N–H and O–H groups in total. The minimum atomic E-state index is -0.326. The van der Waals surface area contributed by atoms with Gasteiger partial charge in [0.05, 0.1) is 9.98 Å². The minimum Gasteiger partial charge on any atom is -0.308 e. The molecule has 2 aromatic heterocycles. The summed E-state index contributed by atoms with van der Waals surface area (Å²) in [5, 5.41) is 5.82. The van der Waals surface area contributed by atoms with Crippen molar-refractivity contribution in [2.45, 2.75) is 0 Å². The Morgan fingerprint density at radius 1 is 1.31 bits per heavy atom. The SMILES string of the molecule is O=C(Nc1ccncc1)Nc1ncc(Br)s1. The lowest BCUT2D eigenvalue weighted by atomic mass is 10.4. The number of carbonyl (C=O) groups is 1. The van der Waals surface area contributed by atoms with Gasteiger partial charge in [-0.25, -0.2) is 9.78 Å². The van der Waals surface area contributed by atoms with E-state index in [1.54, 1.807) is 30.7 Å². The van der Waals surface area contributed by atoms with Crippen LogP contribution < -0.4 is 10.6 Å². The molecule has 0 unspecified atom stereocenters. The van der Waals surface area contributed by atoms with E-state index < -0.39 is 0 Å². The lowest BCUT2D eigenvalue weighted by Crippen LogP contribution is -2.19. The molecule has 2 amide bonds. The summed E-state index contributed by atoms with van der Waals surface area (Å²) < 4.78 is 0.867. The van der Waals surface area contributed by atoms with Crippen LogP contribution in [0.2, 0.25) is 0 Å². The molecular formula is C9H7BrN4OS. The average Bonchev–Trinajstić information content (AvgIpc) is 2.65. The van der Waals surface area contributed by atoms with Crippen LogP contribution in [-0.2, 0) is 0 Å². The van der Waals surface area contributed by atoms with Gasteiger partial charge >= 0.3 is 6.03 Å². The summed E-state index contributed by atoms with van der Waals surface area (Å²) in [7, 11) is 0. The lowest BCUT2D eigenvalue weighted by Gasteiger charge is -2.03. The molecule has 2 rings (SSSR count). The van der Waals surface area contributed by atoms with Crippen molar-refractivity contribution in [3.05, 3.63) is 34.5 Å². The molecule has 0 atom stereocenters. The van der Waals surface area contributed by atoms with E-state index in [1.165, 1.54) is 11.3 Å². The zero-order valence-corrected chi connectivity index (χ0v) is 10.4. The number of hydrogen-bond donors (Lipinski definition) is 2. The Morgan fingerprint density at radius 2 is 2.06 bits per heavy atom. The van der Waals surface area contributed by atoms with Crippen molar-refractivity contribution in [3.63, 3.8) is 0 Å². The highest BCUT2D eigenvalue weighted by molar-refractivity contribution is 9.11. The standard InChI is InChI=1S/C9H7BrN4OS/c10-7-5-12-9(16-7)14-8(15)13-6-1-3-11-4-2-6/h1-5H,(H2,11,12,13,14,15). The summed E-state index contributed by atoms with van der Waals surface area (Å²) in [5.74, 6) is 0. The van der Waals surface area contributed by atoms with Gasteiger partial charge in [0.2, 0.25) is 0 Å². The Morgan fingerprint density at radius 3 is 2.69 bits per heavy atom. The smallest absolute Gasteiger partial charge is 0.308 e. The summed E-state index contributed by atoms with van der Waals surface area (Å²) in [6.07, 6.45) is 4.85. The molecule has 82 valence electrons. The zero-order chi connectivity index (χ0) is 11.4. The number of amides is 2. The van der Waals surface area contributed by atoms with Gasteiger partial charge in [0.25, 0.3) is 0 Å². The van der Waals surface area contributed by atoms with E-state index in [0.29, 0.717) is 10.8 Å². The fraction of sp³-hybridized carbons (Fsp3) is 0. The predicted octanol–water partition coefficient (Wildman–Crippen LogP) is 2.94. The number of pyridine rings is 1. The number of carbonyl (C=O) groups excluding carboxylic acids is 1. The first kappa shape index (κ1) is 11.0. The third kappa shape index (κ3) is 3.01. The minimum absolute atomic E-state index is 0.326. The van der Waals surface area contributed by atoms with Crippen molar-refractivity contribution in [2.75, 3.05) is 10.6 Å². The zero-order valence-electron chi connectivity index (χ0n) is 7.98.